The second kappa shape index (κ2) is 4.39. The molecule has 1 fully saturated rings. The standard InChI is InChI=1S/C10H22N2O2S/c1-10(2,15(3,13)14)9(12-11)8-6-4-5-7-8/h8-9,12H,4-7,11H2,1-3H3. The molecule has 0 amide bonds. The van der Waals surface area contributed by atoms with Crippen molar-refractivity contribution in [3.8, 4) is 0 Å². The zero-order valence-electron chi connectivity index (χ0n) is 9.79. The van der Waals surface area contributed by atoms with Crippen LogP contribution >= 0.6 is 0 Å². The van der Waals surface area contributed by atoms with Crippen molar-refractivity contribution in [1.82, 2.24) is 5.43 Å². The van der Waals surface area contributed by atoms with Crippen LogP contribution in [-0.2, 0) is 9.84 Å². The van der Waals surface area contributed by atoms with Crippen LogP contribution in [0.1, 0.15) is 39.5 Å². The van der Waals surface area contributed by atoms with Gasteiger partial charge in [0.05, 0.1) is 4.75 Å². The molecule has 0 saturated heterocycles. The van der Waals surface area contributed by atoms with E-state index in [4.69, 9.17) is 5.84 Å². The molecule has 1 aliphatic carbocycles. The second-order valence-electron chi connectivity index (χ2n) is 5.06. The first-order chi connectivity index (χ1) is 6.80. The minimum absolute atomic E-state index is 0.144. The Labute approximate surface area is 92.5 Å². The summed E-state index contributed by atoms with van der Waals surface area (Å²) in [6.07, 6.45) is 5.80. The molecule has 1 saturated carbocycles. The lowest BCUT2D eigenvalue weighted by Crippen LogP contribution is -2.57. The van der Waals surface area contributed by atoms with Gasteiger partial charge in [0.15, 0.2) is 9.84 Å². The van der Waals surface area contributed by atoms with E-state index < -0.39 is 14.6 Å². The van der Waals surface area contributed by atoms with E-state index in [1.165, 1.54) is 19.1 Å². The van der Waals surface area contributed by atoms with Crippen LogP contribution in [0.25, 0.3) is 0 Å². The van der Waals surface area contributed by atoms with Crippen LogP contribution in [0.5, 0.6) is 0 Å². The van der Waals surface area contributed by atoms with Crippen molar-refractivity contribution in [2.45, 2.75) is 50.3 Å². The van der Waals surface area contributed by atoms with E-state index in [0.29, 0.717) is 5.92 Å². The topological polar surface area (TPSA) is 72.2 Å². The molecule has 15 heavy (non-hydrogen) atoms. The van der Waals surface area contributed by atoms with Gasteiger partial charge >= 0.3 is 0 Å². The van der Waals surface area contributed by atoms with Crippen molar-refractivity contribution in [1.29, 1.82) is 0 Å². The molecule has 0 aliphatic heterocycles. The van der Waals surface area contributed by atoms with E-state index in [0.717, 1.165) is 12.8 Å². The van der Waals surface area contributed by atoms with E-state index in [1.807, 2.05) is 0 Å². The van der Waals surface area contributed by atoms with E-state index in [1.54, 1.807) is 13.8 Å². The molecular weight excluding hydrogens is 212 g/mol. The first-order valence-corrected chi connectivity index (χ1v) is 7.35. The molecule has 0 aromatic heterocycles. The molecular formula is C10H22N2O2S. The summed E-state index contributed by atoms with van der Waals surface area (Å²) in [5.41, 5.74) is 2.71. The molecule has 90 valence electrons. The van der Waals surface area contributed by atoms with E-state index in [-0.39, 0.29) is 6.04 Å². The predicted molar refractivity (Wildman–Crippen MR) is 62.0 cm³/mol. The quantitative estimate of drug-likeness (QED) is 0.558. The second-order valence-corrected chi connectivity index (χ2v) is 7.66. The van der Waals surface area contributed by atoms with Crippen molar-refractivity contribution < 1.29 is 8.42 Å². The van der Waals surface area contributed by atoms with E-state index >= 15 is 0 Å². The van der Waals surface area contributed by atoms with Crippen LogP contribution in [0.4, 0.5) is 0 Å². The lowest BCUT2D eigenvalue weighted by Gasteiger charge is -2.36. The lowest BCUT2D eigenvalue weighted by atomic mass is 9.89. The first-order valence-electron chi connectivity index (χ1n) is 5.46. The Balaban J connectivity index is 2.90. The smallest absolute Gasteiger partial charge is 0.154 e. The summed E-state index contributed by atoms with van der Waals surface area (Å²) in [6.45, 7) is 3.51. The van der Waals surface area contributed by atoms with Gasteiger partial charge in [-0.2, -0.15) is 0 Å². The Kier molecular flexibility index (Phi) is 3.79. The minimum Gasteiger partial charge on any atom is -0.271 e. The Morgan fingerprint density at radius 2 is 1.80 bits per heavy atom. The SMILES string of the molecule is CC(C)(C(NN)C1CCCC1)S(C)(=O)=O. The van der Waals surface area contributed by atoms with Crippen LogP contribution in [0.15, 0.2) is 0 Å². The van der Waals surface area contributed by atoms with Gasteiger partial charge in [0.25, 0.3) is 0 Å². The fourth-order valence-electron chi connectivity index (χ4n) is 2.43. The molecule has 0 heterocycles. The third-order valence-corrected chi connectivity index (χ3v) is 5.92. The normalized spacial score (nSPS) is 21.9. The molecule has 1 rings (SSSR count). The van der Waals surface area contributed by atoms with Crippen molar-refractivity contribution in [2.24, 2.45) is 11.8 Å². The van der Waals surface area contributed by atoms with Crippen LogP contribution in [0.2, 0.25) is 0 Å². The Morgan fingerprint density at radius 1 is 1.33 bits per heavy atom. The fourth-order valence-corrected chi connectivity index (χ4v) is 3.15. The molecule has 0 spiro atoms. The highest BCUT2D eigenvalue weighted by Gasteiger charge is 2.43. The van der Waals surface area contributed by atoms with Gasteiger partial charge in [0, 0.05) is 12.3 Å². The molecule has 0 radical (unpaired) electrons. The van der Waals surface area contributed by atoms with Gasteiger partial charge in [-0.25, -0.2) is 8.42 Å². The zero-order valence-corrected chi connectivity index (χ0v) is 10.6. The predicted octanol–water partition coefficient (Wildman–Crippen LogP) is 0.832. The highest BCUT2D eigenvalue weighted by atomic mass is 32.2. The molecule has 5 heteroatoms. The maximum atomic E-state index is 11.7. The van der Waals surface area contributed by atoms with Crippen molar-refractivity contribution in [3.05, 3.63) is 0 Å². The molecule has 1 unspecified atom stereocenters. The highest BCUT2D eigenvalue weighted by Crippen LogP contribution is 2.34. The summed E-state index contributed by atoms with van der Waals surface area (Å²) >= 11 is 0. The van der Waals surface area contributed by atoms with E-state index in [2.05, 4.69) is 5.43 Å². The summed E-state index contributed by atoms with van der Waals surface area (Å²) in [7, 11) is -3.09. The van der Waals surface area contributed by atoms with E-state index in [9.17, 15) is 8.42 Å². The summed E-state index contributed by atoms with van der Waals surface area (Å²) in [4.78, 5) is 0. The number of hydrogen-bond acceptors (Lipinski definition) is 4. The maximum absolute atomic E-state index is 11.7. The van der Waals surface area contributed by atoms with Crippen molar-refractivity contribution >= 4 is 9.84 Å². The van der Waals surface area contributed by atoms with Gasteiger partial charge in [-0.15, -0.1) is 0 Å². The average Bonchev–Trinajstić information content (AvgIpc) is 2.55. The Bertz CT molecular complexity index is 305. The van der Waals surface area contributed by atoms with Crippen molar-refractivity contribution in [2.75, 3.05) is 6.26 Å². The molecule has 0 bridgehead atoms. The van der Waals surface area contributed by atoms with Gasteiger partial charge in [0.2, 0.25) is 0 Å². The van der Waals surface area contributed by atoms with Gasteiger partial charge < -0.3 is 0 Å². The molecule has 1 aliphatic rings. The van der Waals surface area contributed by atoms with Gasteiger partial charge in [-0.05, 0) is 32.6 Å². The van der Waals surface area contributed by atoms with Gasteiger partial charge in [-0.1, -0.05) is 12.8 Å². The van der Waals surface area contributed by atoms with Gasteiger partial charge in [0.1, 0.15) is 0 Å². The van der Waals surface area contributed by atoms with Crippen LogP contribution < -0.4 is 11.3 Å². The average molecular weight is 234 g/mol. The number of hydrogen-bond donors (Lipinski definition) is 2. The third kappa shape index (κ3) is 2.52. The molecule has 1 atom stereocenters. The largest absolute Gasteiger partial charge is 0.271 e. The number of hydrazine groups is 1. The number of rotatable bonds is 4. The number of nitrogens with two attached hydrogens (primary N) is 1. The van der Waals surface area contributed by atoms with Crippen molar-refractivity contribution in [3.63, 3.8) is 0 Å². The first kappa shape index (κ1) is 12.9. The summed E-state index contributed by atoms with van der Waals surface area (Å²) in [5, 5.41) is 0. The monoisotopic (exact) mass is 234 g/mol. The highest BCUT2D eigenvalue weighted by molar-refractivity contribution is 7.92. The summed E-state index contributed by atoms with van der Waals surface area (Å²) in [6, 6.07) is -0.144. The third-order valence-electron chi connectivity index (χ3n) is 3.76. The van der Waals surface area contributed by atoms with Gasteiger partial charge in [-0.3, -0.25) is 11.3 Å². The number of nitrogens with one attached hydrogen (secondary N) is 1. The molecule has 4 nitrogen and oxygen atoms in total. The van der Waals surface area contributed by atoms with Crippen LogP contribution in [0.3, 0.4) is 0 Å². The molecule has 3 N–H and O–H groups in total. The summed E-state index contributed by atoms with van der Waals surface area (Å²) in [5.74, 6) is 5.91. The maximum Gasteiger partial charge on any atom is 0.154 e. The zero-order chi connectivity index (χ0) is 11.7. The molecule has 0 aromatic carbocycles. The number of sulfone groups is 1. The fraction of sp³-hybridized carbons (Fsp3) is 1.00. The lowest BCUT2D eigenvalue weighted by molar-refractivity contribution is 0.301. The van der Waals surface area contributed by atoms with Crippen LogP contribution in [0, 0.1) is 5.92 Å². The molecule has 0 aromatic rings. The minimum atomic E-state index is -3.09. The van der Waals surface area contributed by atoms with Crippen LogP contribution in [-0.4, -0.2) is 25.5 Å². The summed E-state index contributed by atoms with van der Waals surface area (Å²) < 4.78 is 22.6. The Morgan fingerprint density at radius 3 is 2.13 bits per heavy atom. The Hall–Kier alpha value is -0.130.